The highest BCUT2D eigenvalue weighted by Crippen LogP contribution is 2.43. The largest absolute Gasteiger partial charge is 0.396 e. The Hall–Kier alpha value is -1.48. The molecule has 11 nitrogen and oxygen atoms in total. The Morgan fingerprint density at radius 1 is 0.925 bits per heavy atom. The van der Waals surface area contributed by atoms with Crippen LogP contribution in [0.15, 0.2) is 43.0 Å². The van der Waals surface area contributed by atoms with Gasteiger partial charge in [-0.25, -0.2) is 0 Å². The predicted molar refractivity (Wildman–Crippen MR) is 142 cm³/mol. The first-order valence-corrected chi connectivity index (χ1v) is 14.0. The molecule has 1 aromatic rings. The third kappa shape index (κ3) is 6.16. The first-order valence-electron chi connectivity index (χ1n) is 14.0. The fourth-order valence-electron chi connectivity index (χ4n) is 6.02. The molecule has 0 saturated carbocycles. The van der Waals surface area contributed by atoms with Crippen molar-refractivity contribution in [2.24, 2.45) is 0 Å². The van der Waals surface area contributed by atoms with Gasteiger partial charge in [0, 0.05) is 13.2 Å². The van der Waals surface area contributed by atoms with Gasteiger partial charge in [-0.2, -0.15) is 0 Å². The van der Waals surface area contributed by atoms with Gasteiger partial charge in [0.25, 0.3) is 0 Å². The number of hydrogen-bond acceptors (Lipinski definition) is 11. The summed E-state index contributed by atoms with van der Waals surface area (Å²) in [6.45, 7) is 11.4. The van der Waals surface area contributed by atoms with E-state index in [2.05, 4.69) is 11.9 Å². The number of ether oxygens (including phenoxy) is 8. The summed E-state index contributed by atoms with van der Waals surface area (Å²) in [4.78, 5) is 0. The van der Waals surface area contributed by atoms with E-state index in [-0.39, 0.29) is 32.8 Å². The molecule has 9 atom stereocenters. The van der Waals surface area contributed by atoms with Crippen LogP contribution in [0.25, 0.3) is 0 Å². The van der Waals surface area contributed by atoms with Gasteiger partial charge < -0.3 is 53.4 Å². The highest BCUT2D eigenvalue weighted by atomic mass is 16.9. The SMILES string of the molecule is C=CCO[C@@H]1[C@H]2OC(C)(C)O[C@H]2O[C@@H]1[C@@](CO)(CCO)NC[C@H]1O[C@@H]2OC(C)(C)O[C@@H]2[C@H]1OCc1ccccc1. The van der Waals surface area contributed by atoms with Gasteiger partial charge in [-0.1, -0.05) is 36.4 Å². The van der Waals surface area contributed by atoms with E-state index in [1.54, 1.807) is 6.08 Å². The maximum atomic E-state index is 10.8. The van der Waals surface area contributed by atoms with Crippen molar-refractivity contribution in [3.05, 3.63) is 48.6 Å². The quantitative estimate of drug-likeness (QED) is 0.302. The van der Waals surface area contributed by atoms with Crippen molar-refractivity contribution in [2.75, 3.05) is 26.4 Å². The Labute approximate surface area is 235 Å². The molecule has 1 aromatic carbocycles. The number of nitrogens with one attached hydrogen (secondary N) is 1. The van der Waals surface area contributed by atoms with E-state index in [0.717, 1.165) is 5.56 Å². The molecular weight excluding hydrogens is 522 g/mol. The third-order valence-electron chi connectivity index (χ3n) is 7.81. The molecule has 11 heteroatoms. The molecule has 0 aromatic heterocycles. The van der Waals surface area contributed by atoms with Crippen molar-refractivity contribution in [1.82, 2.24) is 5.32 Å². The molecule has 5 rings (SSSR count). The molecule has 0 unspecified atom stereocenters. The Morgan fingerprint density at radius 2 is 1.57 bits per heavy atom. The molecule has 0 amide bonds. The smallest absolute Gasteiger partial charge is 0.190 e. The molecule has 4 saturated heterocycles. The second kappa shape index (κ2) is 12.0. The van der Waals surface area contributed by atoms with Crippen LogP contribution in [0.3, 0.4) is 0 Å². The average molecular weight is 566 g/mol. The van der Waals surface area contributed by atoms with Crippen molar-refractivity contribution >= 4 is 0 Å². The minimum absolute atomic E-state index is 0.181. The summed E-state index contributed by atoms with van der Waals surface area (Å²) in [6.07, 6.45) is -2.61. The Kier molecular flexibility index (Phi) is 9.01. The number of benzene rings is 1. The maximum Gasteiger partial charge on any atom is 0.190 e. The second-order valence-corrected chi connectivity index (χ2v) is 11.7. The molecule has 4 aliphatic heterocycles. The summed E-state index contributed by atoms with van der Waals surface area (Å²) >= 11 is 0. The van der Waals surface area contributed by atoms with Gasteiger partial charge >= 0.3 is 0 Å². The first-order chi connectivity index (χ1) is 19.1. The number of aliphatic hydroxyl groups excluding tert-OH is 2. The molecule has 4 heterocycles. The van der Waals surface area contributed by atoms with Crippen molar-refractivity contribution in [3.63, 3.8) is 0 Å². The minimum atomic E-state index is -1.10. The van der Waals surface area contributed by atoms with Crippen LogP contribution in [0.1, 0.15) is 39.7 Å². The lowest BCUT2D eigenvalue weighted by atomic mass is 9.85. The molecule has 224 valence electrons. The molecule has 0 bridgehead atoms. The van der Waals surface area contributed by atoms with Gasteiger partial charge in [0.05, 0.1) is 25.4 Å². The summed E-state index contributed by atoms with van der Waals surface area (Å²) in [5.41, 5.74) is -0.0785. The molecule has 4 fully saturated rings. The van der Waals surface area contributed by atoms with E-state index < -0.39 is 66.3 Å². The van der Waals surface area contributed by atoms with Crippen molar-refractivity contribution in [2.45, 2.75) is 107 Å². The van der Waals surface area contributed by atoms with Crippen LogP contribution in [0.2, 0.25) is 0 Å². The van der Waals surface area contributed by atoms with E-state index in [4.69, 9.17) is 37.9 Å². The van der Waals surface area contributed by atoms with Gasteiger partial charge in [-0.15, -0.1) is 6.58 Å². The highest BCUT2D eigenvalue weighted by molar-refractivity contribution is 5.14. The lowest BCUT2D eigenvalue weighted by Crippen LogP contribution is -2.64. The van der Waals surface area contributed by atoms with Crippen LogP contribution in [0.5, 0.6) is 0 Å². The van der Waals surface area contributed by atoms with Crippen LogP contribution in [-0.2, 0) is 44.5 Å². The topological polar surface area (TPSA) is 126 Å². The van der Waals surface area contributed by atoms with Gasteiger partial charge in [-0.05, 0) is 39.7 Å². The molecule has 40 heavy (non-hydrogen) atoms. The summed E-state index contributed by atoms with van der Waals surface area (Å²) in [5, 5.41) is 24.3. The predicted octanol–water partition coefficient (Wildman–Crippen LogP) is 1.60. The second-order valence-electron chi connectivity index (χ2n) is 11.7. The number of aliphatic hydroxyl groups is 2. The van der Waals surface area contributed by atoms with Gasteiger partial charge in [0.2, 0.25) is 0 Å². The van der Waals surface area contributed by atoms with Crippen LogP contribution in [0.4, 0.5) is 0 Å². The van der Waals surface area contributed by atoms with Crippen molar-refractivity contribution < 1.29 is 48.1 Å². The van der Waals surface area contributed by atoms with E-state index in [9.17, 15) is 10.2 Å². The molecule has 0 spiro atoms. The van der Waals surface area contributed by atoms with E-state index >= 15 is 0 Å². The van der Waals surface area contributed by atoms with Crippen LogP contribution in [0, 0.1) is 0 Å². The molecule has 0 radical (unpaired) electrons. The third-order valence-corrected chi connectivity index (χ3v) is 7.81. The zero-order valence-electron chi connectivity index (χ0n) is 23.7. The summed E-state index contributed by atoms with van der Waals surface area (Å²) in [7, 11) is 0. The minimum Gasteiger partial charge on any atom is -0.396 e. The van der Waals surface area contributed by atoms with Crippen molar-refractivity contribution in [1.29, 1.82) is 0 Å². The van der Waals surface area contributed by atoms with Crippen molar-refractivity contribution in [3.8, 4) is 0 Å². The highest BCUT2D eigenvalue weighted by Gasteiger charge is 2.61. The fourth-order valence-corrected chi connectivity index (χ4v) is 6.02. The van der Waals surface area contributed by atoms with Gasteiger partial charge in [-0.3, -0.25) is 0 Å². The van der Waals surface area contributed by atoms with Crippen LogP contribution < -0.4 is 5.32 Å². The van der Waals surface area contributed by atoms with Gasteiger partial charge in [0.15, 0.2) is 24.2 Å². The van der Waals surface area contributed by atoms with Crippen LogP contribution >= 0.6 is 0 Å². The van der Waals surface area contributed by atoms with Gasteiger partial charge in [0.1, 0.15) is 36.6 Å². The summed E-state index contributed by atoms with van der Waals surface area (Å²) in [5.74, 6) is -1.64. The van der Waals surface area contributed by atoms with E-state index in [1.165, 1.54) is 0 Å². The Balaban J connectivity index is 1.34. The number of fused-ring (bicyclic) bond motifs is 2. The van der Waals surface area contributed by atoms with E-state index in [1.807, 2.05) is 58.0 Å². The number of hydrogen-bond donors (Lipinski definition) is 3. The molecule has 3 N–H and O–H groups in total. The van der Waals surface area contributed by atoms with E-state index in [0.29, 0.717) is 6.61 Å². The Bertz CT molecular complexity index is 992. The maximum absolute atomic E-state index is 10.8. The first kappa shape index (κ1) is 30.0. The summed E-state index contributed by atoms with van der Waals surface area (Å²) < 4.78 is 49.3. The standard InChI is InChI=1S/C29H43NO10/c1-6-14-33-21-23-26(40-28(4,5)38-23)36-24(21)29(17-32,12-13-31)30-15-19-20(34-16-18-10-8-7-9-11-18)22-25(35-19)39-27(2,3)37-22/h6-11,19-26,30-32H,1,12-17H2,2-5H3/t19-,20+,21-,22-,23-,24+,25-,26-,29+/m1/s1. The fraction of sp³-hybridized carbons (Fsp3) is 0.724. The summed E-state index contributed by atoms with van der Waals surface area (Å²) in [6, 6.07) is 9.88. The monoisotopic (exact) mass is 565 g/mol. The molecule has 0 aliphatic carbocycles. The lowest BCUT2D eigenvalue weighted by Gasteiger charge is -2.42. The Morgan fingerprint density at radius 3 is 2.20 bits per heavy atom. The zero-order chi connectivity index (χ0) is 28.5. The molecular formula is C29H43NO10. The zero-order valence-corrected chi connectivity index (χ0v) is 23.7. The normalized spacial score (nSPS) is 37.2. The average Bonchev–Trinajstić information content (AvgIpc) is 3.59. The lowest BCUT2D eigenvalue weighted by molar-refractivity contribution is -0.232. The molecule has 4 aliphatic rings. The number of rotatable bonds is 13. The van der Waals surface area contributed by atoms with Crippen LogP contribution in [-0.4, -0.2) is 103 Å².